The molecule has 0 radical (unpaired) electrons. The summed E-state index contributed by atoms with van der Waals surface area (Å²) in [5, 5.41) is 14.2. The van der Waals surface area contributed by atoms with Crippen LogP contribution >= 0.6 is 0 Å². The van der Waals surface area contributed by atoms with Crippen LogP contribution in [0.3, 0.4) is 0 Å². The van der Waals surface area contributed by atoms with Gasteiger partial charge in [-0.25, -0.2) is 0 Å². The van der Waals surface area contributed by atoms with Crippen molar-refractivity contribution in [3.63, 3.8) is 0 Å². The molecule has 1 aliphatic heterocycles. The van der Waals surface area contributed by atoms with Gasteiger partial charge in [0.15, 0.2) is 5.69 Å². The van der Waals surface area contributed by atoms with Gasteiger partial charge in [-0.1, -0.05) is 49.6 Å². The molecule has 3 N–H and O–H groups in total. The first-order valence-corrected chi connectivity index (χ1v) is 12.5. The maximum absolute atomic E-state index is 12.8. The fourth-order valence-electron chi connectivity index (χ4n) is 5.25. The number of carbonyl (C=O) groups is 2. The SMILES string of the molecule is O=C(Nc1cccc(CN2CCC(C(=O)NC3CCCCC3)CC2)c1)c1n[nH]c2ccccc12. The number of carbonyl (C=O) groups excluding carboxylic acids is 2. The van der Waals surface area contributed by atoms with Gasteiger partial charge in [-0.05, 0) is 62.5 Å². The molecular weight excluding hydrogens is 426 g/mol. The number of piperidine rings is 1. The van der Waals surface area contributed by atoms with Crippen molar-refractivity contribution < 1.29 is 9.59 Å². The molecule has 0 unspecified atom stereocenters. The van der Waals surface area contributed by atoms with Crippen LogP contribution in [0.15, 0.2) is 48.5 Å². The Bertz CT molecular complexity index is 1140. The fourth-order valence-corrected chi connectivity index (χ4v) is 5.25. The summed E-state index contributed by atoms with van der Waals surface area (Å²) >= 11 is 0. The first-order valence-electron chi connectivity index (χ1n) is 12.5. The van der Waals surface area contributed by atoms with Crippen molar-refractivity contribution in [3.8, 4) is 0 Å². The lowest BCUT2D eigenvalue weighted by atomic mass is 9.92. The number of aromatic nitrogens is 2. The van der Waals surface area contributed by atoms with Gasteiger partial charge in [-0.3, -0.25) is 19.6 Å². The summed E-state index contributed by atoms with van der Waals surface area (Å²) in [4.78, 5) is 27.9. The topological polar surface area (TPSA) is 90.1 Å². The highest BCUT2D eigenvalue weighted by Crippen LogP contribution is 2.23. The second-order valence-electron chi connectivity index (χ2n) is 9.67. The molecule has 1 aromatic heterocycles. The monoisotopic (exact) mass is 459 g/mol. The standard InChI is InChI=1S/C27H33N5O2/c33-26(28-21-8-2-1-3-9-21)20-13-15-32(16-14-20)18-19-7-6-10-22(17-19)29-27(34)25-23-11-4-5-12-24(23)30-31-25/h4-7,10-12,17,20-21H,1-3,8-9,13-16,18H2,(H,28,33)(H,29,34)(H,30,31). The van der Waals surface area contributed by atoms with E-state index in [4.69, 9.17) is 0 Å². The number of aromatic amines is 1. The lowest BCUT2D eigenvalue weighted by Gasteiger charge is -2.32. The first kappa shape index (κ1) is 22.6. The van der Waals surface area contributed by atoms with Gasteiger partial charge >= 0.3 is 0 Å². The van der Waals surface area contributed by atoms with Crippen molar-refractivity contribution >= 4 is 28.4 Å². The van der Waals surface area contributed by atoms with E-state index in [2.05, 4.69) is 31.8 Å². The van der Waals surface area contributed by atoms with Crippen LogP contribution in [-0.4, -0.2) is 46.0 Å². The Balaban J connectivity index is 1.13. The number of anilines is 1. The van der Waals surface area contributed by atoms with Crippen LogP contribution < -0.4 is 10.6 Å². The molecule has 0 atom stereocenters. The van der Waals surface area contributed by atoms with Crippen molar-refractivity contribution in [3.05, 3.63) is 59.8 Å². The molecule has 1 aliphatic carbocycles. The van der Waals surface area contributed by atoms with E-state index in [1.807, 2.05) is 42.5 Å². The molecule has 2 heterocycles. The number of benzene rings is 2. The van der Waals surface area contributed by atoms with Gasteiger partial charge in [0.05, 0.1) is 5.52 Å². The maximum Gasteiger partial charge on any atom is 0.276 e. The van der Waals surface area contributed by atoms with Crippen LogP contribution in [0.5, 0.6) is 0 Å². The summed E-state index contributed by atoms with van der Waals surface area (Å²) in [5.41, 5.74) is 3.15. The molecule has 2 aliphatic rings. The number of likely N-dealkylation sites (tertiary alicyclic amines) is 1. The molecule has 1 saturated heterocycles. The first-order chi connectivity index (χ1) is 16.7. The molecule has 1 saturated carbocycles. The Morgan fingerprint density at radius 1 is 0.971 bits per heavy atom. The van der Waals surface area contributed by atoms with Crippen LogP contribution in [0.1, 0.15) is 61.0 Å². The van der Waals surface area contributed by atoms with Crippen LogP contribution in [0, 0.1) is 5.92 Å². The van der Waals surface area contributed by atoms with E-state index >= 15 is 0 Å². The zero-order valence-electron chi connectivity index (χ0n) is 19.6. The molecule has 2 fully saturated rings. The molecule has 0 spiro atoms. The quantitative estimate of drug-likeness (QED) is 0.507. The number of H-pyrrole nitrogens is 1. The number of nitrogens with one attached hydrogen (secondary N) is 3. The Hall–Kier alpha value is -3.19. The van der Waals surface area contributed by atoms with Crippen LogP contribution in [-0.2, 0) is 11.3 Å². The Labute approximate surface area is 200 Å². The van der Waals surface area contributed by atoms with E-state index in [9.17, 15) is 9.59 Å². The molecule has 7 nitrogen and oxygen atoms in total. The second-order valence-corrected chi connectivity index (χ2v) is 9.67. The largest absolute Gasteiger partial charge is 0.353 e. The Morgan fingerprint density at radius 3 is 2.59 bits per heavy atom. The van der Waals surface area contributed by atoms with Gasteiger partial charge in [0, 0.05) is 29.6 Å². The number of rotatable bonds is 6. The van der Waals surface area contributed by atoms with Gasteiger partial charge in [0.1, 0.15) is 0 Å². The molecule has 0 bridgehead atoms. The summed E-state index contributed by atoms with van der Waals surface area (Å²) in [6.45, 7) is 2.64. The number of fused-ring (bicyclic) bond motifs is 1. The second kappa shape index (κ2) is 10.4. The van der Waals surface area contributed by atoms with Gasteiger partial charge in [-0.15, -0.1) is 0 Å². The highest BCUT2D eigenvalue weighted by molar-refractivity contribution is 6.11. The normalized spacial score (nSPS) is 18.1. The van der Waals surface area contributed by atoms with E-state index in [1.165, 1.54) is 19.3 Å². The summed E-state index contributed by atoms with van der Waals surface area (Å²) < 4.78 is 0. The number of para-hydroxylation sites is 1. The predicted molar refractivity (Wildman–Crippen MR) is 134 cm³/mol. The van der Waals surface area contributed by atoms with Gasteiger partial charge in [-0.2, -0.15) is 5.10 Å². The van der Waals surface area contributed by atoms with Gasteiger partial charge in [0.2, 0.25) is 5.91 Å². The smallest absolute Gasteiger partial charge is 0.276 e. The highest BCUT2D eigenvalue weighted by Gasteiger charge is 2.27. The van der Waals surface area contributed by atoms with E-state index < -0.39 is 0 Å². The van der Waals surface area contributed by atoms with Crippen molar-refractivity contribution in [1.29, 1.82) is 0 Å². The predicted octanol–water partition coefficient (Wildman–Crippen LogP) is 4.48. The summed E-state index contributed by atoms with van der Waals surface area (Å²) in [7, 11) is 0. The van der Waals surface area contributed by atoms with Crippen molar-refractivity contribution in [2.75, 3.05) is 18.4 Å². The van der Waals surface area contributed by atoms with E-state index in [0.717, 1.165) is 67.5 Å². The summed E-state index contributed by atoms with van der Waals surface area (Å²) in [5.74, 6) is 0.161. The third-order valence-electron chi connectivity index (χ3n) is 7.19. The fraction of sp³-hybridized carbons (Fsp3) is 0.444. The molecule has 7 heteroatoms. The van der Waals surface area contributed by atoms with E-state index in [1.54, 1.807) is 0 Å². The molecular formula is C27H33N5O2. The van der Waals surface area contributed by atoms with Crippen molar-refractivity contribution in [1.82, 2.24) is 20.4 Å². The number of hydrogen-bond donors (Lipinski definition) is 3. The van der Waals surface area contributed by atoms with Crippen LogP contribution in [0.25, 0.3) is 10.9 Å². The van der Waals surface area contributed by atoms with Crippen LogP contribution in [0.2, 0.25) is 0 Å². The van der Waals surface area contributed by atoms with Gasteiger partial charge in [0.25, 0.3) is 5.91 Å². The van der Waals surface area contributed by atoms with Crippen LogP contribution in [0.4, 0.5) is 5.69 Å². The molecule has 2 amide bonds. The third kappa shape index (κ3) is 5.30. The highest BCUT2D eigenvalue weighted by atomic mass is 16.2. The Morgan fingerprint density at radius 2 is 1.76 bits per heavy atom. The average Bonchev–Trinajstić information content (AvgIpc) is 3.30. The molecule has 34 heavy (non-hydrogen) atoms. The zero-order valence-corrected chi connectivity index (χ0v) is 19.6. The molecule has 5 rings (SSSR count). The minimum absolute atomic E-state index is 0.132. The van der Waals surface area contributed by atoms with E-state index in [-0.39, 0.29) is 17.7 Å². The summed E-state index contributed by atoms with van der Waals surface area (Å²) in [6.07, 6.45) is 7.85. The molecule has 2 aromatic carbocycles. The van der Waals surface area contributed by atoms with Crippen molar-refractivity contribution in [2.45, 2.75) is 57.5 Å². The lowest BCUT2D eigenvalue weighted by molar-refractivity contribution is -0.127. The Kier molecular flexibility index (Phi) is 6.90. The third-order valence-corrected chi connectivity index (χ3v) is 7.19. The van der Waals surface area contributed by atoms with Crippen molar-refractivity contribution in [2.24, 2.45) is 5.92 Å². The van der Waals surface area contributed by atoms with Gasteiger partial charge < -0.3 is 10.6 Å². The number of hydrogen-bond acceptors (Lipinski definition) is 4. The summed E-state index contributed by atoms with van der Waals surface area (Å²) in [6, 6.07) is 16.0. The minimum atomic E-state index is -0.223. The zero-order chi connectivity index (χ0) is 23.3. The van der Waals surface area contributed by atoms with E-state index in [0.29, 0.717) is 11.7 Å². The maximum atomic E-state index is 12.8. The average molecular weight is 460 g/mol. The molecule has 178 valence electrons. The number of amides is 2. The number of nitrogens with zero attached hydrogens (tertiary/aromatic N) is 2. The molecule has 3 aromatic rings. The lowest BCUT2D eigenvalue weighted by Crippen LogP contribution is -2.44. The minimum Gasteiger partial charge on any atom is -0.353 e.